The van der Waals surface area contributed by atoms with Crippen LogP contribution < -0.4 is 10.6 Å². The van der Waals surface area contributed by atoms with E-state index < -0.39 is 0 Å². The van der Waals surface area contributed by atoms with Crippen LogP contribution in [-0.4, -0.2) is 44.8 Å². The number of benzene rings is 4. The normalized spacial score (nSPS) is 16.9. The Balaban J connectivity index is 0.869. The molecule has 4 aromatic carbocycles. The third-order valence-electron chi connectivity index (χ3n) is 14.7. The molecule has 2 fully saturated rings. The molecule has 0 aliphatic heterocycles. The number of hydrogen-bond acceptors (Lipinski definition) is 4. The maximum absolute atomic E-state index is 13.5. The number of H-pyrrole nitrogens is 2. The van der Waals surface area contributed by atoms with E-state index in [0.717, 1.165) is 71.0 Å². The lowest BCUT2D eigenvalue weighted by atomic mass is 9.69. The van der Waals surface area contributed by atoms with Crippen molar-refractivity contribution in [3.05, 3.63) is 144 Å². The number of amides is 2. The van der Waals surface area contributed by atoms with Gasteiger partial charge in [-0.05, 0) is 70.9 Å². The first kappa shape index (κ1) is 44.8. The van der Waals surface area contributed by atoms with Crippen LogP contribution in [0, 0.1) is 11.8 Å². The third kappa shape index (κ3) is 10.4. The van der Waals surface area contributed by atoms with Gasteiger partial charge in [0.05, 0.1) is 23.8 Å². The van der Waals surface area contributed by atoms with Crippen molar-refractivity contribution in [2.45, 2.75) is 127 Å². The molecule has 64 heavy (non-hydrogen) atoms. The van der Waals surface area contributed by atoms with E-state index in [4.69, 9.17) is 9.97 Å². The van der Waals surface area contributed by atoms with Gasteiger partial charge in [-0.25, -0.2) is 9.97 Å². The summed E-state index contributed by atoms with van der Waals surface area (Å²) < 4.78 is 0. The summed E-state index contributed by atoms with van der Waals surface area (Å²) in [5.74, 6) is 2.33. The molecule has 2 aromatic heterocycles. The smallest absolute Gasteiger partial charge is 0.220 e. The monoisotopic (exact) mass is 857 g/mol. The van der Waals surface area contributed by atoms with Gasteiger partial charge in [-0.15, -0.1) is 0 Å². The zero-order valence-corrected chi connectivity index (χ0v) is 38.5. The Morgan fingerprint density at radius 2 is 0.844 bits per heavy atom. The predicted octanol–water partition coefficient (Wildman–Crippen LogP) is 12.4. The number of carbonyl (C=O) groups excluding carboxylic acids is 2. The van der Waals surface area contributed by atoms with Crippen molar-refractivity contribution in [1.82, 2.24) is 30.6 Å². The Morgan fingerprint density at radius 1 is 0.500 bits per heavy atom. The van der Waals surface area contributed by atoms with Crippen LogP contribution >= 0.6 is 0 Å². The first-order chi connectivity index (χ1) is 31.1. The van der Waals surface area contributed by atoms with Crippen LogP contribution in [0.3, 0.4) is 0 Å². The molecule has 2 aliphatic rings. The van der Waals surface area contributed by atoms with Crippen molar-refractivity contribution in [3.63, 3.8) is 0 Å². The zero-order valence-electron chi connectivity index (χ0n) is 38.5. The second-order valence-corrected chi connectivity index (χ2v) is 19.6. The van der Waals surface area contributed by atoms with Crippen LogP contribution in [0.2, 0.25) is 0 Å². The van der Waals surface area contributed by atoms with Crippen molar-refractivity contribution < 1.29 is 9.59 Å². The van der Waals surface area contributed by atoms with E-state index in [1.54, 1.807) is 0 Å². The van der Waals surface area contributed by atoms with Gasteiger partial charge in [-0.3, -0.25) is 9.59 Å². The summed E-state index contributed by atoms with van der Waals surface area (Å²) in [5.41, 5.74) is 8.95. The molecule has 0 bridgehead atoms. The number of aromatic amines is 2. The van der Waals surface area contributed by atoms with Crippen molar-refractivity contribution in [2.24, 2.45) is 11.8 Å². The molecule has 2 heterocycles. The fourth-order valence-corrected chi connectivity index (χ4v) is 10.6. The van der Waals surface area contributed by atoms with Gasteiger partial charge >= 0.3 is 0 Å². The minimum atomic E-state index is -0.0173. The average Bonchev–Trinajstić information content (AvgIpc) is 4.04. The quantitative estimate of drug-likeness (QED) is 0.0731. The summed E-state index contributed by atoms with van der Waals surface area (Å²) in [7, 11) is 0. The third-order valence-corrected chi connectivity index (χ3v) is 14.7. The summed E-state index contributed by atoms with van der Waals surface area (Å²) >= 11 is 0. The second-order valence-electron chi connectivity index (χ2n) is 19.6. The lowest BCUT2D eigenvalue weighted by Gasteiger charge is -2.38. The van der Waals surface area contributed by atoms with E-state index in [9.17, 15) is 9.59 Å². The lowest BCUT2D eigenvalue weighted by molar-refractivity contribution is -0.122. The number of rotatable bonds is 17. The fourth-order valence-electron chi connectivity index (χ4n) is 10.6. The van der Waals surface area contributed by atoms with Gasteiger partial charge < -0.3 is 20.6 Å². The summed E-state index contributed by atoms with van der Waals surface area (Å²) in [6, 6.07) is 38.6. The van der Waals surface area contributed by atoms with Crippen LogP contribution in [-0.2, 0) is 20.4 Å². The first-order valence-electron chi connectivity index (χ1n) is 24.1. The van der Waals surface area contributed by atoms with Crippen LogP contribution in [0.25, 0.3) is 33.6 Å². The van der Waals surface area contributed by atoms with Gasteiger partial charge in [0.2, 0.25) is 11.8 Å². The van der Waals surface area contributed by atoms with Gasteiger partial charge in [-0.2, -0.15) is 0 Å². The van der Waals surface area contributed by atoms with Crippen molar-refractivity contribution in [1.29, 1.82) is 0 Å². The van der Waals surface area contributed by atoms with Gasteiger partial charge in [0.1, 0.15) is 11.6 Å². The van der Waals surface area contributed by atoms with Gasteiger partial charge in [0.15, 0.2) is 0 Å². The van der Waals surface area contributed by atoms with E-state index in [-0.39, 0.29) is 46.3 Å². The van der Waals surface area contributed by atoms with Crippen LogP contribution in [0.15, 0.2) is 122 Å². The molecule has 0 spiro atoms. The highest BCUT2D eigenvalue weighted by Gasteiger charge is 2.36. The Hall–Kier alpha value is -5.76. The lowest BCUT2D eigenvalue weighted by Crippen LogP contribution is -2.42. The molecule has 6 aromatic rings. The molecule has 2 atom stereocenters. The van der Waals surface area contributed by atoms with Crippen molar-refractivity contribution >= 4 is 11.8 Å². The van der Waals surface area contributed by atoms with E-state index >= 15 is 0 Å². The minimum Gasteiger partial charge on any atom is -0.355 e. The molecule has 0 unspecified atom stereocenters. The molecule has 2 amide bonds. The highest BCUT2D eigenvalue weighted by atomic mass is 16.2. The Kier molecular flexibility index (Phi) is 14.3. The Bertz CT molecular complexity index is 2230. The maximum Gasteiger partial charge on any atom is 0.220 e. The van der Waals surface area contributed by atoms with Crippen molar-refractivity contribution in [2.75, 3.05) is 13.1 Å². The fraction of sp³-hybridized carbons (Fsp3) is 0.429. The number of aromatic nitrogens is 4. The molecule has 8 heteroatoms. The molecule has 2 aliphatic carbocycles. The molecule has 0 saturated heterocycles. The molecule has 8 rings (SSSR count). The average molecular weight is 857 g/mol. The SMILES string of the molecule is CC(C)[C@H](CC(=O)NCC1(c2ccccc2)CCCCC1)c1ncc(-c2ccc(-c3ccc(-c4cnc([C@@H](CC(=O)NCC5(c6ccccc6)CCCCC5)C(C)C)[nH]4)cc3)cc2)[nH]1. The number of nitrogens with one attached hydrogen (secondary N) is 4. The standard InChI is InChI=1S/C56H68N6O2/c1-39(2)47(33-51(63)59-37-55(29-13-7-14-30-55)45-17-9-5-10-18-45)53-57-35-49(61-53)43-25-21-41(22-26-43)42-23-27-44(28-24-42)50-36-58-54(62-50)48(40(3)4)34-52(64)60-38-56(31-15-8-16-32-56)46-19-11-6-12-20-46/h5-6,9-12,17-28,35-36,39-40,47-48H,7-8,13-16,29-34,37-38H2,1-4H3,(H,57,61)(H,58,62)(H,59,63)(H,60,64)/t47-,48-/m0/s1. The zero-order chi connectivity index (χ0) is 44.5. The number of hydrogen-bond donors (Lipinski definition) is 4. The number of imidazole rings is 2. The molecular weight excluding hydrogens is 789 g/mol. The summed E-state index contributed by atoms with van der Waals surface area (Å²) in [4.78, 5) is 43.8. The second kappa shape index (κ2) is 20.4. The van der Waals surface area contributed by atoms with E-state index in [0.29, 0.717) is 25.9 Å². The molecule has 4 N–H and O–H groups in total. The van der Waals surface area contributed by atoms with Gasteiger partial charge in [0, 0.05) is 48.6 Å². The Morgan fingerprint density at radius 3 is 1.19 bits per heavy atom. The molecule has 2 saturated carbocycles. The van der Waals surface area contributed by atoms with Gasteiger partial charge in [0.25, 0.3) is 0 Å². The highest BCUT2D eigenvalue weighted by molar-refractivity contribution is 5.78. The predicted molar refractivity (Wildman–Crippen MR) is 260 cm³/mol. The largest absolute Gasteiger partial charge is 0.355 e. The molecule has 8 nitrogen and oxygen atoms in total. The van der Waals surface area contributed by atoms with Crippen LogP contribution in [0.5, 0.6) is 0 Å². The Labute approximate surface area is 380 Å². The van der Waals surface area contributed by atoms with E-state index in [1.807, 2.05) is 12.4 Å². The molecule has 0 radical (unpaired) electrons. The minimum absolute atomic E-state index is 0.0130. The maximum atomic E-state index is 13.5. The summed E-state index contributed by atoms with van der Waals surface area (Å²) in [5, 5.41) is 6.71. The molecular formula is C56H68N6O2. The summed E-state index contributed by atoms with van der Waals surface area (Å²) in [6.45, 7) is 10.0. The number of nitrogens with zero attached hydrogens (tertiary/aromatic N) is 2. The van der Waals surface area contributed by atoms with Crippen LogP contribution in [0.4, 0.5) is 0 Å². The number of carbonyl (C=O) groups is 2. The summed E-state index contributed by atoms with van der Waals surface area (Å²) in [6.07, 6.45) is 16.4. The molecule has 334 valence electrons. The van der Waals surface area contributed by atoms with E-state index in [2.05, 4.69) is 157 Å². The van der Waals surface area contributed by atoms with Crippen molar-refractivity contribution in [3.8, 4) is 33.6 Å². The van der Waals surface area contributed by atoms with Crippen LogP contribution in [0.1, 0.15) is 139 Å². The highest BCUT2D eigenvalue weighted by Crippen LogP contribution is 2.41. The van der Waals surface area contributed by atoms with Gasteiger partial charge in [-0.1, -0.05) is 175 Å². The first-order valence-corrected chi connectivity index (χ1v) is 24.1. The van der Waals surface area contributed by atoms with E-state index in [1.165, 1.54) is 49.7 Å². The topological polar surface area (TPSA) is 116 Å².